The third kappa shape index (κ3) is 94.0. The van der Waals surface area contributed by atoms with Gasteiger partial charge < -0.3 is 6.15 Å². The molecule has 0 unspecified atom stereocenters. The molecule has 0 spiro atoms. The van der Waals surface area contributed by atoms with Gasteiger partial charge in [0.2, 0.25) is 0 Å². The van der Waals surface area contributed by atoms with Gasteiger partial charge in [0.25, 0.3) is 0 Å². The predicted octanol–water partition coefficient (Wildman–Crippen LogP) is 3.65. The van der Waals surface area contributed by atoms with Gasteiger partial charge in [0.05, 0.1) is 5.34 Å². The van der Waals surface area contributed by atoms with Crippen molar-refractivity contribution in [2.24, 2.45) is 0 Å². The van der Waals surface area contributed by atoms with E-state index in [4.69, 9.17) is 51.8 Å². The number of hydrogen-bond donors (Lipinski definition) is 1. The van der Waals surface area contributed by atoms with E-state index >= 15 is 0 Å². The van der Waals surface area contributed by atoms with E-state index in [1.54, 1.807) is 0 Å². The molecule has 0 rings (SSSR count). The van der Waals surface area contributed by atoms with E-state index in [9.17, 15) is 0 Å². The Morgan fingerprint density at radius 1 is 1.00 bits per heavy atom. The van der Waals surface area contributed by atoms with Crippen LogP contribution in [0, 0.1) is 0 Å². The molecule has 0 aliphatic heterocycles. The Labute approximate surface area is 76.4 Å². The van der Waals surface area contributed by atoms with Crippen molar-refractivity contribution in [1.82, 2.24) is 6.15 Å². The normalized spacial score (nSPS) is 7.88. The SMILES string of the molecule is ClCCl.N.[Cl][Pd]([Cl])[Cl]. The second-order valence-electron chi connectivity index (χ2n) is 0.237. The van der Waals surface area contributed by atoms with E-state index in [2.05, 4.69) is 0 Å². The first-order valence-electron chi connectivity index (χ1n) is 0.893. The average Bonchev–Trinajstić information content (AvgIpc) is 1.33. The Bertz CT molecular complexity index is 23.6. The van der Waals surface area contributed by atoms with Crippen LogP contribution in [0.15, 0.2) is 0 Å². The summed E-state index contributed by atoms with van der Waals surface area (Å²) in [5.41, 5.74) is 0. The summed E-state index contributed by atoms with van der Waals surface area (Å²) in [6.45, 7) is 0. The quantitative estimate of drug-likeness (QED) is 0.537. The number of rotatable bonds is 0. The van der Waals surface area contributed by atoms with Gasteiger partial charge in [-0.1, -0.05) is 0 Å². The molecule has 0 fully saturated rings. The first-order valence-corrected chi connectivity index (χ1v) is 7.97. The molecule has 3 N–H and O–H groups in total. The maximum absolute atomic E-state index is 4.92. The predicted molar refractivity (Wildman–Crippen MR) is 39.2 cm³/mol. The molecule has 0 radical (unpaired) electrons. The number of alkyl halides is 2. The third-order valence-corrected chi connectivity index (χ3v) is 0. The van der Waals surface area contributed by atoms with Crippen LogP contribution in [0.3, 0.4) is 0 Å². The van der Waals surface area contributed by atoms with Gasteiger partial charge in [0.15, 0.2) is 0 Å². The molecule has 0 saturated carbocycles. The van der Waals surface area contributed by atoms with E-state index < -0.39 is 13.7 Å². The zero-order valence-electron chi connectivity index (χ0n) is 3.62. The molecule has 0 heterocycles. The summed E-state index contributed by atoms with van der Waals surface area (Å²) in [4.78, 5) is 0. The van der Waals surface area contributed by atoms with Crippen molar-refractivity contribution in [3.63, 3.8) is 0 Å². The van der Waals surface area contributed by atoms with Crippen LogP contribution in [0.4, 0.5) is 0 Å². The summed E-state index contributed by atoms with van der Waals surface area (Å²) < 4.78 is 0. The Morgan fingerprint density at radius 2 is 1.00 bits per heavy atom. The van der Waals surface area contributed by atoms with Crippen molar-refractivity contribution in [3.8, 4) is 0 Å². The molecule has 0 saturated heterocycles. The monoisotopic (exact) mass is 312 g/mol. The number of halogens is 5. The van der Waals surface area contributed by atoms with Gasteiger partial charge in [0, 0.05) is 0 Å². The van der Waals surface area contributed by atoms with Crippen LogP contribution >= 0.6 is 51.8 Å². The molecule has 0 atom stereocenters. The van der Waals surface area contributed by atoms with E-state index in [1.807, 2.05) is 0 Å². The van der Waals surface area contributed by atoms with E-state index in [0.29, 0.717) is 0 Å². The molecule has 59 valence electrons. The van der Waals surface area contributed by atoms with Crippen LogP contribution in [0.1, 0.15) is 0 Å². The summed E-state index contributed by atoms with van der Waals surface area (Å²) in [5.74, 6) is 0. The zero-order chi connectivity index (χ0) is 6.28. The topological polar surface area (TPSA) is 35.0 Å². The molecular formula is CH5Cl5NPd. The van der Waals surface area contributed by atoms with Gasteiger partial charge >= 0.3 is 42.3 Å². The second kappa shape index (κ2) is 16.0. The third-order valence-electron chi connectivity index (χ3n) is 0. The van der Waals surface area contributed by atoms with Gasteiger partial charge in [-0.15, -0.1) is 23.2 Å². The molecule has 8 heavy (non-hydrogen) atoms. The Balaban J connectivity index is -0.0000000575. The van der Waals surface area contributed by atoms with Gasteiger partial charge in [-0.3, -0.25) is 0 Å². The molecule has 0 aromatic carbocycles. The van der Waals surface area contributed by atoms with Crippen molar-refractivity contribution in [1.29, 1.82) is 0 Å². The molecule has 0 amide bonds. The van der Waals surface area contributed by atoms with Crippen LogP contribution in [0.5, 0.6) is 0 Å². The second-order valence-corrected chi connectivity index (χ2v) is 8.13. The van der Waals surface area contributed by atoms with E-state index in [1.165, 1.54) is 0 Å². The van der Waals surface area contributed by atoms with Crippen LogP contribution in [0.25, 0.3) is 0 Å². The fourth-order valence-corrected chi connectivity index (χ4v) is 0. The molecule has 0 aromatic heterocycles. The summed E-state index contributed by atoms with van der Waals surface area (Å²) in [6, 6.07) is 0. The molecule has 0 aromatic rings. The minimum absolute atomic E-state index is 0. The standard InChI is InChI=1S/CH2Cl2.3ClH.H3N.Pd/c2-1-3;;;;;/h1H2;3*1H;1H3;/q;;;;;+3/p-3. The summed E-state index contributed by atoms with van der Waals surface area (Å²) in [5, 5.41) is 0.194. The minimum atomic E-state index is -1.57. The Kier molecular flexibility index (Phi) is 33.2. The first-order chi connectivity index (χ1) is 3.15. The van der Waals surface area contributed by atoms with Crippen LogP contribution in [0.2, 0.25) is 0 Å². The molecule has 0 aliphatic carbocycles. The Morgan fingerprint density at radius 3 is 1.00 bits per heavy atom. The van der Waals surface area contributed by atoms with Gasteiger partial charge in [0.1, 0.15) is 0 Å². The maximum atomic E-state index is 4.92. The van der Waals surface area contributed by atoms with Crippen molar-refractivity contribution in [2.75, 3.05) is 5.34 Å². The van der Waals surface area contributed by atoms with Gasteiger partial charge in [-0.25, -0.2) is 0 Å². The van der Waals surface area contributed by atoms with Crippen LogP contribution in [-0.4, -0.2) is 5.34 Å². The van der Waals surface area contributed by atoms with Gasteiger partial charge in [-0.2, -0.15) is 0 Å². The van der Waals surface area contributed by atoms with Gasteiger partial charge in [-0.05, 0) is 0 Å². The molecule has 0 aliphatic rings. The molecule has 7 heteroatoms. The van der Waals surface area contributed by atoms with Crippen molar-refractivity contribution < 1.29 is 13.7 Å². The zero-order valence-corrected chi connectivity index (χ0v) is 8.95. The van der Waals surface area contributed by atoms with Crippen molar-refractivity contribution >= 4 is 51.8 Å². The van der Waals surface area contributed by atoms with E-state index in [-0.39, 0.29) is 11.5 Å². The summed E-state index contributed by atoms with van der Waals surface area (Å²) >= 11 is 7.96. The summed E-state index contributed by atoms with van der Waals surface area (Å²) in [6.07, 6.45) is 0. The summed E-state index contributed by atoms with van der Waals surface area (Å²) in [7, 11) is 14.8. The fourth-order valence-electron chi connectivity index (χ4n) is 0. The first kappa shape index (κ1) is 16.6. The average molecular weight is 315 g/mol. The van der Waals surface area contributed by atoms with Crippen molar-refractivity contribution in [3.05, 3.63) is 0 Å². The molecular weight excluding hydrogens is 310 g/mol. The molecule has 1 nitrogen and oxygen atoms in total. The molecule has 0 bridgehead atoms. The fraction of sp³-hybridized carbons (Fsp3) is 1.00. The number of hydrogen-bond acceptors (Lipinski definition) is 1. The Hall–Kier alpha value is 2.07. The van der Waals surface area contributed by atoms with Crippen LogP contribution < -0.4 is 6.15 Å². The van der Waals surface area contributed by atoms with Crippen LogP contribution in [-0.2, 0) is 13.7 Å². The van der Waals surface area contributed by atoms with E-state index in [0.717, 1.165) is 0 Å². The van der Waals surface area contributed by atoms with Crippen molar-refractivity contribution in [2.45, 2.75) is 0 Å².